The fourth-order valence-corrected chi connectivity index (χ4v) is 17.6. The first-order chi connectivity index (χ1) is 57.3. The molecule has 116 heavy (non-hydrogen) atoms. The number of benzene rings is 16. The van der Waals surface area contributed by atoms with Gasteiger partial charge in [0.15, 0.2) is 0 Å². The zero-order chi connectivity index (χ0) is 77.5. The van der Waals surface area contributed by atoms with Crippen LogP contribution in [0.15, 0.2) is 406 Å². The van der Waals surface area contributed by atoms with Crippen LogP contribution in [0.3, 0.4) is 0 Å². The predicted molar refractivity (Wildman–Crippen MR) is 481 cm³/mol. The number of halogens is 1. The third-order valence-electron chi connectivity index (χ3n) is 23.4. The van der Waals surface area contributed by atoms with E-state index in [-0.39, 0.29) is 0 Å². The molecule has 0 amide bonds. The molecule has 0 bridgehead atoms. The second kappa shape index (κ2) is 31.1. The first-order valence-corrected chi connectivity index (χ1v) is 40.5. The zero-order valence-electron chi connectivity index (χ0n) is 64.0. The van der Waals surface area contributed by atoms with E-state index in [0.29, 0.717) is 39.6 Å². The van der Waals surface area contributed by atoms with Gasteiger partial charge in [0.1, 0.15) is 0 Å². The Morgan fingerprint density at radius 1 is 0.276 bits per heavy atom. The highest BCUT2D eigenvalue weighted by Gasteiger charge is 2.51. The van der Waals surface area contributed by atoms with Gasteiger partial charge in [0, 0.05) is 45.3 Å². The van der Waals surface area contributed by atoms with Crippen LogP contribution >= 0.6 is 15.9 Å². The van der Waals surface area contributed by atoms with Crippen molar-refractivity contribution in [2.45, 2.75) is 45.1 Å². The van der Waals surface area contributed by atoms with Gasteiger partial charge in [-0.05, 0) is 247 Å². The molecule has 18 aromatic rings. The quantitative estimate of drug-likeness (QED) is 0.0640. The van der Waals surface area contributed by atoms with Crippen molar-refractivity contribution in [1.82, 2.24) is 9.13 Å². The van der Waals surface area contributed by atoms with Crippen LogP contribution in [-0.4, -0.2) is 9.13 Å². The molecule has 0 unspecified atom stereocenters. The summed E-state index contributed by atoms with van der Waals surface area (Å²) in [4.78, 5) is 2.43. The average Bonchev–Trinajstić information content (AvgIpc) is 1.50. The summed E-state index contributed by atoms with van der Waals surface area (Å²) in [6.45, 7) is 7.09. The van der Waals surface area contributed by atoms with Gasteiger partial charge in [-0.1, -0.05) is 314 Å². The minimum absolute atomic E-state index is 0.480. The lowest BCUT2D eigenvalue weighted by molar-refractivity contribution is 0.105. The van der Waals surface area contributed by atoms with Gasteiger partial charge >= 0.3 is 0 Å². The van der Waals surface area contributed by atoms with Crippen LogP contribution in [0.1, 0.15) is 61.2 Å². The lowest BCUT2D eigenvalue weighted by Crippen LogP contribution is -2.26. The van der Waals surface area contributed by atoms with E-state index < -0.39 is 5.41 Å². The smallest absolute Gasteiger partial charge is 0.0726 e. The number of fused-ring (bicyclic) bond motifs is 12. The summed E-state index contributed by atoms with van der Waals surface area (Å²) in [6.07, 6.45) is 6.20. The Bertz CT molecular complexity index is 6560. The van der Waals surface area contributed by atoms with Crippen LogP contribution in [0, 0.1) is 0 Å². The van der Waals surface area contributed by atoms with Gasteiger partial charge in [-0.25, -0.2) is 0 Å². The molecule has 556 valence electrons. The molecule has 6 nitrogen and oxygen atoms in total. The van der Waals surface area contributed by atoms with E-state index in [9.17, 15) is 0 Å². The SMILES string of the molecule is C=Cc1ccc(COCc2ccc(-c3ccc(N(c4ccc(-c5ccc6ccn(-c7ccc(-c8ccc(COCc9ccc(COCc%10ccc(-c%11ccc(-n%12ccc%13ccc(-c%14ccc(Br)cc%14)cc%13%12)cc%11)cc%10)cc9)cc8)cc7)c6c5)cc4)c4ccc5c(c4)C4(c6ccccc6-c6ccccc64)c4ccccc4-5)cc3)cc2)cc1. The van der Waals surface area contributed by atoms with Gasteiger partial charge in [-0.2, -0.15) is 0 Å². The molecule has 2 aromatic heterocycles. The van der Waals surface area contributed by atoms with Gasteiger partial charge in [-0.3, -0.25) is 0 Å². The van der Waals surface area contributed by atoms with E-state index in [2.05, 4.69) is 431 Å². The van der Waals surface area contributed by atoms with Crippen molar-refractivity contribution in [2.24, 2.45) is 0 Å². The molecule has 20 rings (SSSR count). The molecule has 0 radical (unpaired) electrons. The van der Waals surface area contributed by atoms with E-state index in [4.69, 9.17) is 14.2 Å². The normalized spacial score (nSPS) is 12.2. The molecular formula is C109H80BrN3O3. The number of nitrogens with zero attached hydrogens (tertiary/aromatic N) is 3. The van der Waals surface area contributed by atoms with Crippen molar-refractivity contribution in [3.8, 4) is 89.3 Å². The number of anilines is 3. The highest BCUT2D eigenvalue weighted by Crippen LogP contribution is 2.63. The van der Waals surface area contributed by atoms with E-state index >= 15 is 0 Å². The van der Waals surface area contributed by atoms with Gasteiger partial charge in [0.2, 0.25) is 0 Å². The molecule has 0 atom stereocenters. The minimum Gasteiger partial charge on any atom is -0.372 e. The number of aromatic nitrogens is 2. The summed E-state index contributed by atoms with van der Waals surface area (Å²) in [5.74, 6) is 0. The fraction of sp³-hybridized carbons (Fsp3) is 0.0642. The van der Waals surface area contributed by atoms with Crippen molar-refractivity contribution >= 4 is 60.9 Å². The van der Waals surface area contributed by atoms with E-state index in [1.54, 1.807) is 0 Å². The van der Waals surface area contributed by atoms with Gasteiger partial charge in [0.25, 0.3) is 0 Å². The van der Waals surface area contributed by atoms with Crippen LogP contribution in [0.2, 0.25) is 0 Å². The first kappa shape index (κ1) is 71.5. The number of hydrogen-bond donors (Lipinski definition) is 0. The number of ether oxygens (including phenoxy) is 3. The summed E-state index contributed by atoms with van der Waals surface area (Å²) < 4.78 is 24.2. The van der Waals surface area contributed by atoms with Crippen LogP contribution in [0.5, 0.6) is 0 Å². The molecule has 2 aliphatic rings. The van der Waals surface area contributed by atoms with Crippen LogP contribution < -0.4 is 4.90 Å². The third kappa shape index (κ3) is 13.8. The average molecular weight is 1560 g/mol. The molecule has 0 saturated carbocycles. The molecule has 16 aromatic carbocycles. The maximum atomic E-state index is 6.25. The van der Waals surface area contributed by atoms with Crippen molar-refractivity contribution in [2.75, 3.05) is 4.90 Å². The molecule has 7 heteroatoms. The molecule has 0 N–H and O–H groups in total. The second-order valence-electron chi connectivity index (χ2n) is 30.4. The lowest BCUT2D eigenvalue weighted by atomic mass is 9.70. The Hall–Kier alpha value is -13.5. The van der Waals surface area contributed by atoms with E-state index in [0.717, 1.165) is 111 Å². The Kier molecular flexibility index (Phi) is 19.2. The van der Waals surface area contributed by atoms with Gasteiger partial charge in [-0.15, -0.1) is 0 Å². The monoisotopic (exact) mass is 1560 g/mol. The Labute approximate surface area is 685 Å². The topological polar surface area (TPSA) is 40.8 Å². The molecule has 2 heterocycles. The van der Waals surface area contributed by atoms with Crippen molar-refractivity contribution in [1.29, 1.82) is 0 Å². The Morgan fingerprint density at radius 3 is 0.940 bits per heavy atom. The van der Waals surface area contributed by atoms with Crippen molar-refractivity contribution < 1.29 is 14.2 Å². The molecule has 2 aliphatic carbocycles. The number of rotatable bonds is 23. The summed E-state index contributed by atoms with van der Waals surface area (Å²) >= 11 is 3.57. The predicted octanol–water partition coefficient (Wildman–Crippen LogP) is 28.3. The first-order valence-electron chi connectivity index (χ1n) is 39.7. The zero-order valence-corrected chi connectivity index (χ0v) is 65.6. The van der Waals surface area contributed by atoms with Crippen molar-refractivity contribution in [3.63, 3.8) is 0 Å². The van der Waals surface area contributed by atoms with Crippen LogP contribution in [0.4, 0.5) is 17.1 Å². The minimum atomic E-state index is -0.480. The van der Waals surface area contributed by atoms with Crippen molar-refractivity contribution in [3.05, 3.63) is 467 Å². The highest BCUT2D eigenvalue weighted by molar-refractivity contribution is 9.10. The van der Waals surface area contributed by atoms with Gasteiger partial charge < -0.3 is 28.2 Å². The Balaban J connectivity index is 0.481. The fourth-order valence-electron chi connectivity index (χ4n) is 17.3. The maximum absolute atomic E-state index is 6.25. The standard InChI is InChI=1S/C109H80BrN3O3/c1-2-74-15-17-75(18-16-74)68-114-71-80-27-33-83(34-28-80)86-45-55-96(56-46-86)113(98-59-60-102-101-11-5-8-14-105(101)109(106(102)67-98)103-12-6-3-9-99(103)100-10-4-7-13-104(100)109)97-57-47-88(48-58-97)92-38-36-90-62-64-112(108(90)66-92)95-53-43-85(44-54-95)82-31-25-79(26-32-82)73-116-70-77-21-19-76(20-22-77)69-115-72-78-23-29-81(30-24-78)84-41-51-94(52-42-84)111-63-61-89-35-37-91(65-107(89)111)87-39-49-93(110)50-40-87/h2-67H,1,68-73H2. The van der Waals surface area contributed by atoms with Crippen LogP contribution in [-0.2, 0) is 59.3 Å². The lowest BCUT2D eigenvalue weighted by Gasteiger charge is -2.32. The maximum Gasteiger partial charge on any atom is 0.0726 e. The highest BCUT2D eigenvalue weighted by atomic mass is 79.9. The number of hydrogen-bond acceptors (Lipinski definition) is 4. The second-order valence-corrected chi connectivity index (χ2v) is 31.3. The summed E-state index contributed by atoms with van der Waals surface area (Å²) in [7, 11) is 0. The molecule has 0 fully saturated rings. The largest absolute Gasteiger partial charge is 0.372 e. The molecule has 0 saturated heterocycles. The molecule has 1 spiro atoms. The summed E-state index contributed by atoms with van der Waals surface area (Å²) in [5, 5.41) is 2.40. The molecular weight excluding hydrogens is 1480 g/mol. The van der Waals surface area contributed by atoms with E-state index in [1.165, 1.54) is 83.1 Å². The molecule has 0 aliphatic heterocycles. The summed E-state index contributed by atoms with van der Waals surface area (Å²) in [6, 6.07) is 140. The summed E-state index contributed by atoms with van der Waals surface area (Å²) in [5.41, 5.74) is 37.3. The third-order valence-corrected chi connectivity index (χ3v) is 23.9. The van der Waals surface area contributed by atoms with E-state index in [1.807, 2.05) is 6.08 Å². The van der Waals surface area contributed by atoms with Crippen LogP contribution in [0.25, 0.3) is 117 Å². The Morgan fingerprint density at radius 2 is 0.569 bits per heavy atom. The van der Waals surface area contributed by atoms with Gasteiger partial charge in [0.05, 0.1) is 56.1 Å².